The van der Waals surface area contributed by atoms with E-state index >= 15 is 0 Å². The SMILES string of the molecule is O=C(c1cncc(NCc2ccco2)c1)N1CCC2(CC1)OCCO2. The molecule has 2 aromatic heterocycles. The number of piperidine rings is 1. The van der Waals surface area contributed by atoms with Crippen LogP contribution in [-0.2, 0) is 16.0 Å². The van der Waals surface area contributed by atoms with Crippen molar-refractivity contribution in [2.24, 2.45) is 0 Å². The number of nitrogens with one attached hydrogen (secondary N) is 1. The largest absolute Gasteiger partial charge is 0.467 e. The Hall–Kier alpha value is -2.38. The zero-order valence-electron chi connectivity index (χ0n) is 13.9. The van der Waals surface area contributed by atoms with Crippen LogP contribution in [0.5, 0.6) is 0 Å². The lowest BCUT2D eigenvalue weighted by molar-refractivity contribution is -0.181. The van der Waals surface area contributed by atoms with Crippen LogP contribution in [0.25, 0.3) is 0 Å². The number of furan rings is 1. The molecular weight excluding hydrogens is 322 g/mol. The Bertz CT molecular complexity index is 716. The lowest BCUT2D eigenvalue weighted by atomic mass is 10.0. The first-order valence-electron chi connectivity index (χ1n) is 8.53. The molecule has 0 aliphatic carbocycles. The van der Waals surface area contributed by atoms with Crippen LogP contribution >= 0.6 is 0 Å². The summed E-state index contributed by atoms with van der Waals surface area (Å²) in [7, 11) is 0. The zero-order valence-corrected chi connectivity index (χ0v) is 13.9. The molecule has 2 aliphatic heterocycles. The van der Waals surface area contributed by atoms with Crippen molar-refractivity contribution < 1.29 is 18.7 Å². The highest BCUT2D eigenvalue weighted by molar-refractivity contribution is 5.94. The molecule has 4 rings (SSSR count). The van der Waals surface area contributed by atoms with Crippen LogP contribution in [0.3, 0.4) is 0 Å². The molecule has 0 unspecified atom stereocenters. The fourth-order valence-electron chi connectivity index (χ4n) is 3.27. The van der Waals surface area contributed by atoms with Gasteiger partial charge in [-0.15, -0.1) is 0 Å². The second kappa shape index (κ2) is 6.85. The number of aromatic nitrogens is 1. The smallest absolute Gasteiger partial charge is 0.255 e. The topological polar surface area (TPSA) is 76.8 Å². The Labute approximate surface area is 145 Å². The van der Waals surface area contributed by atoms with Crippen LogP contribution in [0.15, 0.2) is 41.3 Å². The summed E-state index contributed by atoms with van der Waals surface area (Å²) in [5.74, 6) is 0.346. The molecule has 25 heavy (non-hydrogen) atoms. The number of nitrogens with zero attached hydrogens (tertiary/aromatic N) is 2. The fraction of sp³-hybridized carbons (Fsp3) is 0.444. The predicted molar refractivity (Wildman–Crippen MR) is 90.0 cm³/mol. The maximum Gasteiger partial charge on any atom is 0.255 e. The van der Waals surface area contributed by atoms with Gasteiger partial charge >= 0.3 is 0 Å². The van der Waals surface area contributed by atoms with E-state index in [0.717, 1.165) is 11.4 Å². The highest BCUT2D eigenvalue weighted by Crippen LogP contribution is 2.31. The second-order valence-electron chi connectivity index (χ2n) is 6.30. The molecule has 4 heterocycles. The van der Waals surface area contributed by atoms with E-state index in [2.05, 4.69) is 10.3 Å². The summed E-state index contributed by atoms with van der Waals surface area (Å²) in [4.78, 5) is 18.8. The number of rotatable bonds is 4. The van der Waals surface area contributed by atoms with Gasteiger partial charge in [0, 0.05) is 38.3 Å². The fourth-order valence-corrected chi connectivity index (χ4v) is 3.27. The van der Waals surface area contributed by atoms with Crippen molar-refractivity contribution in [2.75, 3.05) is 31.6 Å². The summed E-state index contributed by atoms with van der Waals surface area (Å²) >= 11 is 0. The predicted octanol–water partition coefficient (Wildman–Crippen LogP) is 2.27. The summed E-state index contributed by atoms with van der Waals surface area (Å²) in [5, 5.41) is 3.22. The number of pyridine rings is 1. The highest BCUT2D eigenvalue weighted by Gasteiger charge is 2.40. The summed E-state index contributed by atoms with van der Waals surface area (Å²) in [5.41, 5.74) is 1.37. The van der Waals surface area contributed by atoms with Crippen LogP contribution in [0.2, 0.25) is 0 Å². The van der Waals surface area contributed by atoms with E-state index in [1.165, 1.54) is 0 Å². The molecule has 2 saturated heterocycles. The number of carbonyl (C=O) groups is 1. The number of hydrogen-bond acceptors (Lipinski definition) is 6. The van der Waals surface area contributed by atoms with Crippen molar-refractivity contribution in [1.29, 1.82) is 0 Å². The summed E-state index contributed by atoms with van der Waals surface area (Å²) in [6.07, 6.45) is 6.36. The van der Waals surface area contributed by atoms with E-state index in [9.17, 15) is 4.79 Å². The number of ether oxygens (including phenoxy) is 2. The van der Waals surface area contributed by atoms with Crippen molar-refractivity contribution in [2.45, 2.75) is 25.2 Å². The number of likely N-dealkylation sites (tertiary alicyclic amines) is 1. The lowest BCUT2D eigenvalue weighted by Crippen LogP contribution is -2.47. The molecule has 1 amide bonds. The Balaban J connectivity index is 1.38. The van der Waals surface area contributed by atoms with Crippen molar-refractivity contribution in [3.05, 3.63) is 48.2 Å². The first-order valence-corrected chi connectivity index (χ1v) is 8.53. The van der Waals surface area contributed by atoms with Gasteiger partial charge in [0.25, 0.3) is 5.91 Å². The van der Waals surface area contributed by atoms with Gasteiger partial charge < -0.3 is 24.1 Å². The minimum Gasteiger partial charge on any atom is -0.467 e. The Morgan fingerprint density at radius 1 is 1.24 bits per heavy atom. The van der Waals surface area contributed by atoms with Gasteiger partial charge in [-0.25, -0.2) is 0 Å². The third-order valence-electron chi connectivity index (χ3n) is 4.66. The number of hydrogen-bond donors (Lipinski definition) is 1. The van der Waals surface area contributed by atoms with Gasteiger partial charge in [-0.1, -0.05) is 0 Å². The number of anilines is 1. The molecule has 7 nitrogen and oxygen atoms in total. The highest BCUT2D eigenvalue weighted by atomic mass is 16.7. The van der Waals surface area contributed by atoms with Crippen LogP contribution in [-0.4, -0.2) is 47.9 Å². The van der Waals surface area contributed by atoms with Gasteiger partial charge in [-0.05, 0) is 18.2 Å². The minimum atomic E-state index is -0.471. The van der Waals surface area contributed by atoms with Gasteiger partial charge in [-0.2, -0.15) is 0 Å². The first-order chi connectivity index (χ1) is 12.2. The molecule has 2 aliphatic rings. The third-order valence-corrected chi connectivity index (χ3v) is 4.66. The molecule has 0 saturated carbocycles. The zero-order chi connectivity index (χ0) is 17.1. The van der Waals surface area contributed by atoms with Crippen molar-refractivity contribution in [3.63, 3.8) is 0 Å². The van der Waals surface area contributed by atoms with Gasteiger partial charge in [-0.3, -0.25) is 9.78 Å². The van der Waals surface area contributed by atoms with Gasteiger partial charge in [0.1, 0.15) is 5.76 Å². The maximum atomic E-state index is 12.7. The van der Waals surface area contributed by atoms with Gasteiger partial charge in [0.05, 0.1) is 37.3 Å². The summed E-state index contributed by atoms with van der Waals surface area (Å²) in [6, 6.07) is 5.56. The van der Waals surface area contributed by atoms with E-state index in [1.54, 1.807) is 18.7 Å². The van der Waals surface area contributed by atoms with Crippen LogP contribution in [0.1, 0.15) is 29.0 Å². The minimum absolute atomic E-state index is 0.0120. The van der Waals surface area contributed by atoms with Crippen LogP contribution in [0, 0.1) is 0 Å². The molecule has 0 bridgehead atoms. The summed E-state index contributed by atoms with van der Waals surface area (Å²) < 4.78 is 16.7. The van der Waals surface area contributed by atoms with Gasteiger partial charge in [0.15, 0.2) is 5.79 Å². The van der Waals surface area contributed by atoms with Gasteiger partial charge in [0.2, 0.25) is 0 Å². The Kier molecular flexibility index (Phi) is 4.42. The Morgan fingerprint density at radius 2 is 2.04 bits per heavy atom. The first kappa shape index (κ1) is 16.1. The van der Waals surface area contributed by atoms with Crippen molar-refractivity contribution in [1.82, 2.24) is 9.88 Å². The molecule has 132 valence electrons. The van der Waals surface area contributed by atoms with Crippen molar-refractivity contribution >= 4 is 11.6 Å². The molecule has 2 aromatic rings. The normalized spacial score (nSPS) is 19.3. The monoisotopic (exact) mass is 343 g/mol. The average Bonchev–Trinajstić information content (AvgIpc) is 3.33. The molecule has 1 spiro atoms. The van der Waals surface area contributed by atoms with Crippen LogP contribution < -0.4 is 5.32 Å². The summed E-state index contributed by atoms with van der Waals surface area (Å²) in [6.45, 7) is 3.08. The lowest BCUT2D eigenvalue weighted by Gasteiger charge is -2.37. The van der Waals surface area contributed by atoms with E-state index in [4.69, 9.17) is 13.9 Å². The van der Waals surface area contributed by atoms with E-state index in [0.29, 0.717) is 51.3 Å². The van der Waals surface area contributed by atoms with E-state index < -0.39 is 5.79 Å². The molecular formula is C18H21N3O4. The Morgan fingerprint density at radius 3 is 2.76 bits per heavy atom. The van der Waals surface area contributed by atoms with E-state index in [-0.39, 0.29) is 5.91 Å². The molecule has 0 atom stereocenters. The van der Waals surface area contributed by atoms with Crippen molar-refractivity contribution in [3.8, 4) is 0 Å². The second-order valence-corrected chi connectivity index (χ2v) is 6.30. The third kappa shape index (κ3) is 3.52. The molecule has 2 fully saturated rings. The standard InChI is InChI=1S/C18H21N3O4/c22-17(21-5-3-18(4-6-21)24-8-9-25-18)14-10-15(12-19-11-14)20-13-16-2-1-7-23-16/h1-2,7,10-12,20H,3-6,8-9,13H2. The maximum absolute atomic E-state index is 12.7. The quantitative estimate of drug-likeness (QED) is 0.918. The average molecular weight is 343 g/mol. The van der Waals surface area contributed by atoms with E-state index in [1.807, 2.05) is 23.1 Å². The number of amides is 1. The van der Waals surface area contributed by atoms with Crippen LogP contribution in [0.4, 0.5) is 5.69 Å². The molecule has 7 heteroatoms. The molecule has 1 N–H and O–H groups in total. The molecule has 0 aromatic carbocycles. The molecule has 0 radical (unpaired) electrons. The number of carbonyl (C=O) groups excluding carboxylic acids is 1.